The summed E-state index contributed by atoms with van der Waals surface area (Å²) in [5, 5.41) is 18.6. The van der Waals surface area contributed by atoms with Crippen LogP contribution in [0.5, 0.6) is 0 Å². The number of carbonyl (C=O) groups excluding carboxylic acids is 2. The van der Waals surface area contributed by atoms with Gasteiger partial charge in [0.25, 0.3) is 11.7 Å². The SMILES string of the molecule is C=CC(=O)N1CC[C@@H](Nc2n[nH]c3nccc(-c4ccc([C@@H](C)NC(=O)c5noc(C(C)(C)C)n5)cc4)c23)C1. The molecule has 0 radical (unpaired) electrons. The van der Waals surface area contributed by atoms with Crippen LogP contribution in [0.4, 0.5) is 5.82 Å². The minimum atomic E-state index is -0.393. The van der Waals surface area contributed by atoms with Gasteiger partial charge in [0.1, 0.15) is 0 Å². The van der Waals surface area contributed by atoms with Gasteiger partial charge in [-0.3, -0.25) is 14.7 Å². The number of aromatic nitrogens is 5. The Bertz CT molecular complexity index is 1520. The number of carbonyl (C=O) groups is 2. The van der Waals surface area contributed by atoms with Gasteiger partial charge >= 0.3 is 0 Å². The largest absolute Gasteiger partial charge is 0.363 e. The van der Waals surface area contributed by atoms with E-state index in [9.17, 15) is 9.59 Å². The molecule has 4 heterocycles. The maximum Gasteiger partial charge on any atom is 0.293 e. The van der Waals surface area contributed by atoms with E-state index in [4.69, 9.17) is 4.52 Å². The number of rotatable bonds is 7. The number of benzene rings is 1. The molecule has 2 atom stereocenters. The Labute approximate surface area is 226 Å². The average molecular weight is 529 g/mol. The van der Waals surface area contributed by atoms with Crippen molar-refractivity contribution in [2.24, 2.45) is 0 Å². The molecule has 1 aliphatic rings. The molecule has 0 spiro atoms. The standard InChI is InChI=1S/C28H32N8O3/c1-6-21(37)36-14-12-19(15-36)31-24-22-20(11-13-29-23(22)33-34-24)18-9-7-17(8-10-18)16(2)30-26(38)25-32-27(39-35-25)28(3,4)5/h6-11,13,16,19H,1,12,14-15H2,2-5H3,(H,30,38)(H2,29,31,33,34)/t16-,19-/m1/s1. The predicted octanol–water partition coefficient (Wildman–Crippen LogP) is 4.00. The minimum Gasteiger partial charge on any atom is -0.363 e. The van der Waals surface area contributed by atoms with Crippen LogP contribution in [-0.2, 0) is 10.2 Å². The molecule has 39 heavy (non-hydrogen) atoms. The molecule has 11 heteroatoms. The van der Waals surface area contributed by atoms with Gasteiger partial charge in [0.15, 0.2) is 11.5 Å². The number of aromatic amines is 1. The fraction of sp³-hybridized carbons (Fsp3) is 0.357. The number of pyridine rings is 1. The smallest absolute Gasteiger partial charge is 0.293 e. The third-order valence-corrected chi connectivity index (χ3v) is 6.82. The normalized spacial score (nSPS) is 16.3. The van der Waals surface area contributed by atoms with Crippen molar-refractivity contribution in [2.45, 2.75) is 51.6 Å². The molecule has 0 bridgehead atoms. The van der Waals surface area contributed by atoms with Crippen LogP contribution >= 0.6 is 0 Å². The number of anilines is 1. The van der Waals surface area contributed by atoms with Gasteiger partial charge in [-0.25, -0.2) is 4.98 Å². The summed E-state index contributed by atoms with van der Waals surface area (Å²) in [5.74, 6) is 0.672. The fourth-order valence-electron chi connectivity index (χ4n) is 4.61. The first-order valence-electron chi connectivity index (χ1n) is 12.9. The first-order valence-corrected chi connectivity index (χ1v) is 12.9. The van der Waals surface area contributed by atoms with Gasteiger partial charge in [-0.2, -0.15) is 10.1 Å². The van der Waals surface area contributed by atoms with Crippen LogP contribution in [0.25, 0.3) is 22.2 Å². The van der Waals surface area contributed by atoms with Gasteiger partial charge in [0, 0.05) is 30.7 Å². The molecule has 3 N–H and O–H groups in total. The number of nitrogens with one attached hydrogen (secondary N) is 3. The van der Waals surface area contributed by atoms with E-state index in [0.29, 0.717) is 30.4 Å². The molecule has 3 aromatic heterocycles. The predicted molar refractivity (Wildman–Crippen MR) is 147 cm³/mol. The monoisotopic (exact) mass is 528 g/mol. The number of H-pyrrole nitrogens is 1. The van der Waals surface area contributed by atoms with Gasteiger partial charge in [-0.05, 0) is 42.2 Å². The minimum absolute atomic E-state index is 0.0156. The second-order valence-corrected chi connectivity index (χ2v) is 10.8. The number of hydrogen-bond acceptors (Lipinski definition) is 8. The zero-order valence-corrected chi connectivity index (χ0v) is 22.5. The van der Waals surface area contributed by atoms with Gasteiger partial charge in [-0.1, -0.05) is 56.8 Å². The Balaban J connectivity index is 1.31. The highest BCUT2D eigenvalue weighted by Crippen LogP contribution is 2.33. The van der Waals surface area contributed by atoms with Crippen LogP contribution in [0.2, 0.25) is 0 Å². The maximum absolute atomic E-state index is 12.7. The topological polar surface area (TPSA) is 142 Å². The van der Waals surface area contributed by atoms with Crippen LogP contribution < -0.4 is 10.6 Å². The van der Waals surface area contributed by atoms with Crippen LogP contribution in [0, 0.1) is 0 Å². The van der Waals surface area contributed by atoms with E-state index in [1.165, 1.54) is 6.08 Å². The summed E-state index contributed by atoms with van der Waals surface area (Å²) in [7, 11) is 0. The van der Waals surface area contributed by atoms with Gasteiger partial charge in [0.05, 0.1) is 11.4 Å². The maximum atomic E-state index is 12.7. The summed E-state index contributed by atoms with van der Waals surface area (Å²) < 4.78 is 5.24. The summed E-state index contributed by atoms with van der Waals surface area (Å²) in [6.45, 7) is 12.6. The highest BCUT2D eigenvalue weighted by atomic mass is 16.5. The van der Waals surface area contributed by atoms with E-state index in [2.05, 4.69) is 42.5 Å². The average Bonchev–Trinajstić information content (AvgIpc) is 3.68. The molecule has 0 aliphatic carbocycles. The van der Waals surface area contributed by atoms with E-state index >= 15 is 0 Å². The molecule has 1 aliphatic heterocycles. The Hall–Kier alpha value is -4.54. The molecule has 5 rings (SSSR count). The summed E-state index contributed by atoms with van der Waals surface area (Å²) in [5.41, 5.74) is 3.22. The van der Waals surface area contributed by atoms with Crippen molar-refractivity contribution in [3.05, 3.63) is 66.5 Å². The Morgan fingerprint density at radius 1 is 1.23 bits per heavy atom. The number of amides is 2. The lowest BCUT2D eigenvalue weighted by Gasteiger charge is -2.16. The summed E-state index contributed by atoms with van der Waals surface area (Å²) in [6, 6.07) is 9.74. The van der Waals surface area contributed by atoms with Gasteiger partial charge in [-0.15, -0.1) is 0 Å². The molecular formula is C28H32N8O3. The molecule has 11 nitrogen and oxygen atoms in total. The quantitative estimate of drug-likeness (QED) is 0.306. The Kier molecular flexibility index (Phi) is 6.90. The lowest BCUT2D eigenvalue weighted by Crippen LogP contribution is -2.30. The number of fused-ring (bicyclic) bond motifs is 1. The molecule has 0 saturated carbocycles. The zero-order valence-electron chi connectivity index (χ0n) is 22.5. The summed E-state index contributed by atoms with van der Waals surface area (Å²) >= 11 is 0. The van der Waals surface area contributed by atoms with E-state index in [-0.39, 0.29) is 29.2 Å². The molecule has 202 valence electrons. The molecule has 2 amide bonds. The second kappa shape index (κ2) is 10.3. The van der Waals surface area contributed by atoms with E-state index in [0.717, 1.165) is 28.5 Å². The van der Waals surface area contributed by atoms with Gasteiger partial charge < -0.3 is 20.1 Å². The molecular weight excluding hydrogens is 496 g/mol. The first kappa shape index (κ1) is 26.1. The number of nitrogens with zero attached hydrogens (tertiary/aromatic N) is 5. The highest BCUT2D eigenvalue weighted by Gasteiger charge is 2.27. The molecule has 1 saturated heterocycles. The van der Waals surface area contributed by atoms with Crippen molar-refractivity contribution in [3.8, 4) is 11.1 Å². The second-order valence-electron chi connectivity index (χ2n) is 10.8. The van der Waals surface area contributed by atoms with Crippen molar-refractivity contribution >= 4 is 28.7 Å². The van der Waals surface area contributed by atoms with Crippen LogP contribution in [0.1, 0.15) is 62.2 Å². The third-order valence-electron chi connectivity index (χ3n) is 6.82. The lowest BCUT2D eigenvalue weighted by atomic mass is 9.97. The summed E-state index contributed by atoms with van der Waals surface area (Å²) in [4.78, 5) is 35.1. The zero-order chi connectivity index (χ0) is 27.7. The number of hydrogen-bond donors (Lipinski definition) is 3. The van der Waals surface area contributed by atoms with Crippen molar-refractivity contribution in [3.63, 3.8) is 0 Å². The molecule has 1 aromatic carbocycles. The van der Waals surface area contributed by atoms with Crippen molar-refractivity contribution in [1.82, 2.24) is 35.5 Å². The first-order chi connectivity index (χ1) is 18.6. The van der Waals surface area contributed by atoms with Crippen LogP contribution in [0.15, 0.2) is 53.7 Å². The van der Waals surface area contributed by atoms with E-state index in [1.807, 2.05) is 58.0 Å². The van der Waals surface area contributed by atoms with Crippen LogP contribution in [0.3, 0.4) is 0 Å². The molecule has 0 unspecified atom stereocenters. The van der Waals surface area contributed by atoms with Crippen molar-refractivity contribution < 1.29 is 14.1 Å². The van der Waals surface area contributed by atoms with Crippen LogP contribution in [-0.4, -0.2) is 61.2 Å². The summed E-state index contributed by atoms with van der Waals surface area (Å²) in [6.07, 6.45) is 3.91. The number of likely N-dealkylation sites (tertiary alicyclic amines) is 1. The third kappa shape index (κ3) is 5.38. The van der Waals surface area contributed by atoms with Crippen molar-refractivity contribution in [2.75, 3.05) is 18.4 Å². The fourth-order valence-corrected chi connectivity index (χ4v) is 4.61. The van der Waals surface area contributed by atoms with E-state index in [1.54, 1.807) is 11.1 Å². The van der Waals surface area contributed by atoms with Crippen molar-refractivity contribution in [1.29, 1.82) is 0 Å². The Morgan fingerprint density at radius 3 is 2.69 bits per heavy atom. The molecule has 4 aromatic rings. The van der Waals surface area contributed by atoms with Gasteiger partial charge in [0.2, 0.25) is 11.8 Å². The van der Waals surface area contributed by atoms with E-state index < -0.39 is 5.91 Å². The lowest BCUT2D eigenvalue weighted by molar-refractivity contribution is -0.125. The Morgan fingerprint density at radius 2 is 2.00 bits per heavy atom. The molecule has 1 fully saturated rings. The highest BCUT2D eigenvalue weighted by molar-refractivity contribution is 6.00.